The number of carbonyl (C=O) groups excluding carboxylic acids is 1. The lowest BCUT2D eigenvalue weighted by Crippen LogP contribution is -2.39. The highest BCUT2D eigenvalue weighted by Crippen LogP contribution is 2.09. The zero-order valence-electron chi connectivity index (χ0n) is 15.0. The van der Waals surface area contributed by atoms with Crippen molar-refractivity contribution in [3.63, 3.8) is 0 Å². The fourth-order valence-electron chi connectivity index (χ4n) is 2.58. The van der Waals surface area contributed by atoms with Crippen molar-refractivity contribution in [1.29, 1.82) is 0 Å². The Labute approximate surface area is 166 Å². The molecule has 2 heterocycles. The van der Waals surface area contributed by atoms with Crippen LogP contribution in [0.1, 0.15) is 31.9 Å². The summed E-state index contributed by atoms with van der Waals surface area (Å²) in [5, 5.41) is 6.52. The van der Waals surface area contributed by atoms with Crippen LogP contribution in [0.15, 0.2) is 23.2 Å². The van der Waals surface area contributed by atoms with Crippen LogP contribution < -0.4 is 15.4 Å². The number of likely N-dealkylation sites (tertiary alicyclic amines) is 1. The van der Waals surface area contributed by atoms with Crippen molar-refractivity contribution in [2.45, 2.75) is 32.7 Å². The number of ether oxygens (including phenoxy) is 1. The van der Waals surface area contributed by atoms with Crippen LogP contribution in [-0.2, 0) is 11.3 Å². The van der Waals surface area contributed by atoms with Crippen molar-refractivity contribution in [2.75, 3.05) is 33.3 Å². The first-order chi connectivity index (χ1) is 11.7. The number of hydrogen-bond acceptors (Lipinski definition) is 4. The Bertz CT molecular complexity index is 568. The minimum Gasteiger partial charge on any atom is -0.481 e. The molecule has 2 N–H and O–H groups in total. The summed E-state index contributed by atoms with van der Waals surface area (Å²) in [6.07, 6.45) is 2.60. The molecule has 1 aliphatic rings. The lowest BCUT2D eigenvalue weighted by molar-refractivity contribution is -0.127. The number of methoxy groups -OCH3 is 1. The standard InChI is InChI=1S/C17H27N5O2.HI/c1-3-18-17(19-10-6-12-22-11-5-9-16(22)23)20-13-14-7-4-8-15(21-14)24-2;/h4,7-8H,3,5-6,9-13H2,1-2H3,(H2,18,19,20);1H. The molecule has 0 atom stereocenters. The molecular weight excluding hydrogens is 433 g/mol. The van der Waals surface area contributed by atoms with Crippen molar-refractivity contribution in [3.8, 4) is 5.88 Å². The van der Waals surface area contributed by atoms with E-state index < -0.39 is 0 Å². The highest BCUT2D eigenvalue weighted by atomic mass is 127. The number of hydrogen-bond donors (Lipinski definition) is 2. The fourth-order valence-corrected chi connectivity index (χ4v) is 2.58. The van der Waals surface area contributed by atoms with Crippen LogP contribution in [0, 0.1) is 0 Å². The lowest BCUT2D eigenvalue weighted by Gasteiger charge is -2.16. The average molecular weight is 461 g/mol. The number of nitrogens with zero attached hydrogens (tertiary/aromatic N) is 3. The predicted octanol–water partition coefficient (Wildman–Crippen LogP) is 1.78. The molecule has 25 heavy (non-hydrogen) atoms. The molecule has 2 rings (SSSR count). The molecule has 1 amide bonds. The summed E-state index contributed by atoms with van der Waals surface area (Å²) in [6.45, 7) is 5.79. The Hall–Kier alpha value is -1.58. The van der Waals surface area contributed by atoms with Crippen LogP contribution in [0.4, 0.5) is 0 Å². The lowest BCUT2D eigenvalue weighted by atomic mass is 10.3. The maximum Gasteiger partial charge on any atom is 0.222 e. The van der Waals surface area contributed by atoms with Gasteiger partial charge in [0.1, 0.15) is 0 Å². The monoisotopic (exact) mass is 461 g/mol. The SMILES string of the molecule is CCNC(=NCc1cccc(OC)n1)NCCCN1CCCC1=O.I. The molecule has 0 saturated carbocycles. The van der Waals surface area contributed by atoms with Gasteiger partial charge in [-0.25, -0.2) is 9.98 Å². The highest BCUT2D eigenvalue weighted by Gasteiger charge is 2.18. The number of aromatic nitrogens is 1. The summed E-state index contributed by atoms with van der Waals surface area (Å²) in [7, 11) is 1.60. The second-order valence-electron chi connectivity index (χ2n) is 5.63. The number of carbonyl (C=O) groups is 1. The van der Waals surface area contributed by atoms with Gasteiger partial charge < -0.3 is 20.3 Å². The van der Waals surface area contributed by atoms with E-state index in [-0.39, 0.29) is 29.9 Å². The average Bonchev–Trinajstić information content (AvgIpc) is 3.01. The van der Waals surface area contributed by atoms with Crippen molar-refractivity contribution in [1.82, 2.24) is 20.5 Å². The van der Waals surface area contributed by atoms with E-state index >= 15 is 0 Å². The summed E-state index contributed by atoms with van der Waals surface area (Å²) in [5.41, 5.74) is 0.856. The Morgan fingerprint density at radius 1 is 1.40 bits per heavy atom. The van der Waals surface area contributed by atoms with Gasteiger partial charge in [0.05, 0.1) is 19.3 Å². The van der Waals surface area contributed by atoms with E-state index in [1.165, 1.54) is 0 Å². The van der Waals surface area contributed by atoms with E-state index in [9.17, 15) is 4.79 Å². The number of halogens is 1. The molecule has 1 saturated heterocycles. The van der Waals surface area contributed by atoms with Crippen LogP contribution in [0.3, 0.4) is 0 Å². The summed E-state index contributed by atoms with van der Waals surface area (Å²) in [4.78, 5) is 22.4. The molecule has 1 fully saturated rings. The quantitative estimate of drug-likeness (QED) is 0.267. The van der Waals surface area contributed by atoms with Crippen LogP contribution in [0.25, 0.3) is 0 Å². The zero-order valence-corrected chi connectivity index (χ0v) is 17.3. The smallest absolute Gasteiger partial charge is 0.222 e. The molecule has 8 heteroatoms. The van der Waals surface area contributed by atoms with E-state index in [4.69, 9.17) is 4.74 Å². The molecule has 140 valence electrons. The third kappa shape index (κ3) is 7.45. The molecule has 7 nitrogen and oxygen atoms in total. The van der Waals surface area contributed by atoms with Gasteiger partial charge in [0.2, 0.25) is 11.8 Å². The molecule has 0 bridgehead atoms. The van der Waals surface area contributed by atoms with Gasteiger partial charge >= 0.3 is 0 Å². The number of pyridine rings is 1. The molecule has 0 radical (unpaired) electrons. The van der Waals surface area contributed by atoms with Crippen molar-refractivity contribution < 1.29 is 9.53 Å². The topological polar surface area (TPSA) is 78.9 Å². The molecule has 0 spiro atoms. The first-order valence-corrected chi connectivity index (χ1v) is 8.52. The predicted molar refractivity (Wildman–Crippen MR) is 109 cm³/mol. The van der Waals surface area contributed by atoms with E-state index in [0.717, 1.165) is 50.7 Å². The number of nitrogens with one attached hydrogen (secondary N) is 2. The number of guanidine groups is 1. The zero-order chi connectivity index (χ0) is 17.2. The number of rotatable bonds is 8. The summed E-state index contributed by atoms with van der Waals surface area (Å²) in [5.74, 6) is 1.63. The Balaban J connectivity index is 0.00000312. The number of aliphatic imine (C=N–C) groups is 1. The van der Waals surface area contributed by atoms with E-state index in [1.54, 1.807) is 7.11 Å². The van der Waals surface area contributed by atoms with Gasteiger partial charge in [0.15, 0.2) is 5.96 Å². The van der Waals surface area contributed by atoms with E-state index in [2.05, 4.69) is 20.6 Å². The molecule has 0 aliphatic carbocycles. The summed E-state index contributed by atoms with van der Waals surface area (Å²) in [6, 6.07) is 5.65. The van der Waals surface area contributed by atoms with Crippen LogP contribution in [-0.4, -0.2) is 55.0 Å². The van der Waals surface area contributed by atoms with Gasteiger partial charge in [0, 0.05) is 38.7 Å². The maximum atomic E-state index is 11.6. The maximum absolute atomic E-state index is 11.6. The molecule has 1 aromatic rings. The second kappa shape index (κ2) is 11.9. The second-order valence-corrected chi connectivity index (χ2v) is 5.63. The molecule has 0 unspecified atom stereocenters. The van der Waals surface area contributed by atoms with E-state index in [0.29, 0.717) is 18.8 Å². The van der Waals surface area contributed by atoms with Crippen LogP contribution >= 0.6 is 24.0 Å². The first-order valence-electron chi connectivity index (χ1n) is 8.52. The third-order valence-electron chi connectivity index (χ3n) is 3.80. The molecule has 1 aliphatic heterocycles. The van der Waals surface area contributed by atoms with Gasteiger partial charge in [-0.05, 0) is 25.8 Å². The normalized spacial score (nSPS) is 14.2. The van der Waals surface area contributed by atoms with Gasteiger partial charge in [-0.1, -0.05) is 6.07 Å². The van der Waals surface area contributed by atoms with Crippen LogP contribution in [0.2, 0.25) is 0 Å². The van der Waals surface area contributed by atoms with Crippen molar-refractivity contribution >= 4 is 35.8 Å². The van der Waals surface area contributed by atoms with Gasteiger partial charge in [0.25, 0.3) is 0 Å². The minimum atomic E-state index is 0. The minimum absolute atomic E-state index is 0. The molecule has 1 aromatic heterocycles. The highest BCUT2D eigenvalue weighted by molar-refractivity contribution is 14.0. The van der Waals surface area contributed by atoms with Gasteiger partial charge in [-0.15, -0.1) is 24.0 Å². The van der Waals surface area contributed by atoms with Crippen LogP contribution in [0.5, 0.6) is 5.88 Å². The third-order valence-corrected chi connectivity index (χ3v) is 3.80. The van der Waals surface area contributed by atoms with Gasteiger partial charge in [-0.3, -0.25) is 4.79 Å². The summed E-state index contributed by atoms with van der Waals surface area (Å²) < 4.78 is 5.12. The van der Waals surface area contributed by atoms with E-state index in [1.807, 2.05) is 30.0 Å². The van der Waals surface area contributed by atoms with Gasteiger partial charge in [-0.2, -0.15) is 0 Å². The molecular formula is C17H28IN5O2. The Kier molecular flexibility index (Phi) is 10.2. The Morgan fingerprint density at radius 3 is 2.92 bits per heavy atom. The fraction of sp³-hybridized carbons (Fsp3) is 0.588. The van der Waals surface area contributed by atoms with Crippen molar-refractivity contribution in [3.05, 3.63) is 23.9 Å². The first kappa shape index (κ1) is 21.5. The largest absolute Gasteiger partial charge is 0.481 e. The Morgan fingerprint density at radius 2 is 2.24 bits per heavy atom. The molecule has 0 aromatic carbocycles. The summed E-state index contributed by atoms with van der Waals surface area (Å²) >= 11 is 0. The van der Waals surface area contributed by atoms with Crippen molar-refractivity contribution in [2.24, 2.45) is 4.99 Å². The number of amides is 1.